The molecule has 1 aliphatic rings. The molecule has 0 nitrogen and oxygen atoms in total. The molecule has 0 atom stereocenters. The molecule has 53 valence electrons. The molecule has 0 N–H and O–H groups in total. The molecule has 1 saturated carbocycles. The Labute approximate surface area is 54.3 Å². The molecular formula is C7H11F2. The highest BCUT2D eigenvalue weighted by Gasteiger charge is 2.33. The van der Waals surface area contributed by atoms with Crippen molar-refractivity contribution >= 4 is 0 Å². The predicted octanol–water partition coefficient (Wildman–Crippen LogP) is 2.79. The molecule has 1 rings (SSSR count). The molecule has 0 aliphatic heterocycles. The van der Waals surface area contributed by atoms with Crippen molar-refractivity contribution in [3.8, 4) is 0 Å². The van der Waals surface area contributed by atoms with E-state index < -0.39 is 5.92 Å². The van der Waals surface area contributed by atoms with Crippen LogP contribution in [-0.4, -0.2) is 5.92 Å². The maximum absolute atomic E-state index is 12.4. The smallest absolute Gasteiger partial charge is 0.207 e. The highest BCUT2D eigenvalue weighted by atomic mass is 19.3. The van der Waals surface area contributed by atoms with E-state index in [4.69, 9.17) is 0 Å². The number of halogens is 2. The third-order valence-electron chi connectivity index (χ3n) is 1.84. The Hall–Kier alpha value is -0.140. The Kier molecular flexibility index (Phi) is 1.73. The molecule has 0 bridgehead atoms. The standard InChI is InChI=1S/C7H11F2/c1-6-2-4-7(8,9)5-3-6/h2-5H2,1H3. The van der Waals surface area contributed by atoms with E-state index in [2.05, 4.69) is 0 Å². The normalized spacial score (nSPS) is 28.3. The van der Waals surface area contributed by atoms with Crippen molar-refractivity contribution in [3.63, 3.8) is 0 Å². The van der Waals surface area contributed by atoms with E-state index in [-0.39, 0.29) is 12.8 Å². The quantitative estimate of drug-likeness (QED) is 0.476. The average Bonchev–Trinajstić information content (AvgIpc) is 1.78. The topological polar surface area (TPSA) is 0 Å². The van der Waals surface area contributed by atoms with Crippen molar-refractivity contribution in [3.05, 3.63) is 5.92 Å². The number of hydrogen-bond donors (Lipinski definition) is 0. The molecule has 0 heterocycles. The summed E-state index contributed by atoms with van der Waals surface area (Å²) < 4.78 is 24.7. The van der Waals surface area contributed by atoms with Gasteiger partial charge < -0.3 is 0 Å². The summed E-state index contributed by atoms with van der Waals surface area (Å²) in [6.07, 6.45) is 1.37. The van der Waals surface area contributed by atoms with E-state index in [0.29, 0.717) is 12.8 Å². The monoisotopic (exact) mass is 133 g/mol. The predicted molar refractivity (Wildman–Crippen MR) is 32.3 cm³/mol. The third kappa shape index (κ3) is 1.92. The van der Waals surface area contributed by atoms with Crippen LogP contribution in [0.2, 0.25) is 0 Å². The van der Waals surface area contributed by atoms with Gasteiger partial charge in [-0.3, -0.25) is 0 Å². The van der Waals surface area contributed by atoms with Gasteiger partial charge in [0.05, 0.1) is 0 Å². The first kappa shape index (κ1) is 6.97. The minimum atomic E-state index is -2.36. The lowest BCUT2D eigenvalue weighted by Gasteiger charge is -2.24. The molecule has 0 aromatic rings. The zero-order valence-electron chi connectivity index (χ0n) is 5.58. The van der Waals surface area contributed by atoms with Crippen LogP contribution >= 0.6 is 0 Å². The van der Waals surface area contributed by atoms with E-state index in [9.17, 15) is 8.78 Å². The molecule has 2 heteroatoms. The van der Waals surface area contributed by atoms with Gasteiger partial charge in [-0.15, -0.1) is 0 Å². The van der Waals surface area contributed by atoms with Gasteiger partial charge in [0.2, 0.25) is 5.92 Å². The van der Waals surface area contributed by atoms with Crippen molar-refractivity contribution in [1.29, 1.82) is 0 Å². The fourth-order valence-electron chi connectivity index (χ4n) is 1.04. The van der Waals surface area contributed by atoms with Crippen molar-refractivity contribution in [2.24, 2.45) is 0 Å². The fourth-order valence-corrected chi connectivity index (χ4v) is 1.04. The van der Waals surface area contributed by atoms with Crippen LogP contribution in [0.15, 0.2) is 0 Å². The molecule has 1 radical (unpaired) electrons. The van der Waals surface area contributed by atoms with Gasteiger partial charge in [-0.25, -0.2) is 8.78 Å². The van der Waals surface area contributed by atoms with E-state index in [0.717, 1.165) is 0 Å². The molecule has 0 saturated heterocycles. The lowest BCUT2D eigenvalue weighted by Crippen LogP contribution is -2.22. The van der Waals surface area contributed by atoms with Gasteiger partial charge in [0.15, 0.2) is 0 Å². The second kappa shape index (κ2) is 2.24. The minimum Gasteiger partial charge on any atom is -0.207 e. The first-order chi connectivity index (χ1) is 4.10. The molecule has 0 unspecified atom stereocenters. The summed E-state index contributed by atoms with van der Waals surface area (Å²) in [5.74, 6) is -1.14. The summed E-state index contributed by atoms with van der Waals surface area (Å²) in [5, 5.41) is 0. The third-order valence-corrected chi connectivity index (χ3v) is 1.84. The van der Waals surface area contributed by atoms with Gasteiger partial charge >= 0.3 is 0 Å². The van der Waals surface area contributed by atoms with E-state index in [1.807, 2.05) is 6.92 Å². The Morgan fingerprint density at radius 2 is 1.67 bits per heavy atom. The van der Waals surface area contributed by atoms with Crippen LogP contribution in [0.3, 0.4) is 0 Å². The molecular weight excluding hydrogens is 122 g/mol. The van der Waals surface area contributed by atoms with E-state index in [1.165, 1.54) is 5.92 Å². The number of rotatable bonds is 0. The largest absolute Gasteiger partial charge is 0.248 e. The first-order valence-corrected chi connectivity index (χ1v) is 3.29. The highest BCUT2D eigenvalue weighted by Crippen LogP contribution is 2.36. The molecule has 0 aromatic heterocycles. The number of alkyl halides is 2. The first-order valence-electron chi connectivity index (χ1n) is 3.29. The minimum absolute atomic E-state index is 0.0683. The Bertz CT molecular complexity index is 89.1. The van der Waals surface area contributed by atoms with Crippen LogP contribution in [0.5, 0.6) is 0 Å². The van der Waals surface area contributed by atoms with Gasteiger partial charge in [-0.2, -0.15) is 0 Å². The second-order valence-electron chi connectivity index (χ2n) is 2.81. The van der Waals surface area contributed by atoms with Crippen LogP contribution in [0.4, 0.5) is 8.78 Å². The molecule has 1 fully saturated rings. The van der Waals surface area contributed by atoms with Crippen LogP contribution in [-0.2, 0) is 0 Å². The Balaban J connectivity index is 2.35. The van der Waals surface area contributed by atoms with E-state index in [1.54, 1.807) is 0 Å². The maximum atomic E-state index is 12.4. The lowest BCUT2D eigenvalue weighted by molar-refractivity contribution is -0.0291. The Morgan fingerprint density at radius 1 is 1.22 bits per heavy atom. The molecule has 0 spiro atoms. The average molecular weight is 133 g/mol. The summed E-state index contributed by atoms with van der Waals surface area (Å²) in [5.41, 5.74) is 0. The molecule has 9 heavy (non-hydrogen) atoms. The zero-order chi connectivity index (χ0) is 6.91. The summed E-state index contributed by atoms with van der Waals surface area (Å²) in [7, 11) is 0. The molecule has 1 aliphatic carbocycles. The van der Waals surface area contributed by atoms with Crippen LogP contribution in [0.1, 0.15) is 32.6 Å². The maximum Gasteiger partial charge on any atom is 0.248 e. The summed E-state index contributed by atoms with van der Waals surface area (Å²) in [4.78, 5) is 0. The van der Waals surface area contributed by atoms with Gasteiger partial charge in [0.25, 0.3) is 0 Å². The van der Waals surface area contributed by atoms with Crippen molar-refractivity contribution < 1.29 is 8.78 Å². The van der Waals surface area contributed by atoms with Crippen LogP contribution in [0.25, 0.3) is 0 Å². The highest BCUT2D eigenvalue weighted by molar-refractivity contribution is 4.92. The van der Waals surface area contributed by atoms with Gasteiger partial charge in [-0.1, -0.05) is 6.92 Å². The summed E-state index contributed by atoms with van der Waals surface area (Å²) in [6.45, 7) is 1.95. The number of hydrogen-bond acceptors (Lipinski definition) is 0. The summed E-state index contributed by atoms with van der Waals surface area (Å²) >= 11 is 0. The SMILES string of the molecule is C[C]1CCC(F)(F)CC1. The lowest BCUT2D eigenvalue weighted by atomic mass is 9.88. The molecule has 0 amide bonds. The van der Waals surface area contributed by atoms with Crippen LogP contribution < -0.4 is 0 Å². The summed E-state index contributed by atoms with van der Waals surface area (Å²) in [6, 6.07) is 0. The Morgan fingerprint density at radius 3 is 2.00 bits per heavy atom. The fraction of sp³-hybridized carbons (Fsp3) is 0.857. The second-order valence-corrected chi connectivity index (χ2v) is 2.81. The van der Waals surface area contributed by atoms with Crippen molar-refractivity contribution in [2.45, 2.75) is 38.5 Å². The van der Waals surface area contributed by atoms with Crippen molar-refractivity contribution in [2.75, 3.05) is 0 Å². The zero-order valence-corrected chi connectivity index (χ0v) is 5.58. The van der Waals surface area contributed by atoms with Crippen molar-refractivity contribution in [1.82, 2.24) is 0 Å². The van der Waals surface area contributed by atoms with E-state index >= 15 is 0 Å². The van der Waals surface area contributed by atoms with Gasteiger partial charge in [-0.05, 0) is 18.8 Å². The van der Waals surface area contributed by atoms with Gasteiger partial charge in [0, 0.05) is 12.8 Å². The van der Waals surface area contributed by atoms with Crippen LogP contribution in [0, 0.1) is 5.92 Å². The van der Waals surface area contributed by atoms with Gasteiger partial charge in [0.1, 0.15) is 0 Å². The molecule has 0 aromatic carbocycles.